The zero-order chi connectivity index (χ0) is 18.3. The number of rotatable bonds is 8. The number of esters is 1. The van der Waals surface area contributed by atoms with Crippen molar-refractivity contribution in [3.63, 3.8) is 0 Å². The summed E-state index contributed by atoms with van der Waals surface area (Å²) in [6, 6.07) is 11.6. The number of carbonyl (C=O) groups excluding carboxylic acids is 1. The number of hydrogen-bond acceptors (Lipinski definition) is 5. The molecule has 0 spiro atoms. The molecule has 0 radical (unpaired) electrons. The summed E-state index contributed by atoms with van der Waals surface area (Å²) in [4.78, 5) is 16.2. The second-order valence-electron chi connectivity index (χ2n) is 6.63. The highest BCUT2D eigenvalue weighted by atomic mass is 16.5. The number of hydrogen-bond donors (Lipinski definition) is 1. The van der Waals surface area contributed by atoms with Crippen LogP contribution in [0.3, 0.4) is 0 Å². The minimum atomic E-state index is -0.558. The molecule has 0 fully saturated rings. The number of ether oxygens (including phenoxy) is 2. The van der Waals surface area contributed by atoms with E-state index in [1.165, 1.54) is 5.56 Å². The van der Waals surface area contributed by atoms with E-state index in [4.69, 9.17) is 9.47 Å². The first-order valence-corrected chi connectivity index (χ1v) is 8.48. The standard InChI is InChI=1S/C20H26N2O3/c1-5-24-19(23)20(3,4)14-21-12-16-8-11-18(22-13-16)25-17-9-6-15(2)7-10-17/h6-11,13,21H,5,12,14H2,1-4H3. The number of carbonyl (C=O) groups is 1. The average molecular weight is 342 g/mol. The van der Waals surface area contributed by atoms with Gasteiger partial charge in [0.25, 0.3) is 0 Å². The second-order valence-corrected chi connectivity index (χ2v) is 6.63. The highest BCUT2D eigenvalue weighted by Crippen LogP contribution is 2.20. The Hall–Kier alpha value is -2.40. The largest absolute Gasteiger partial charge is 0.466 e. The highest BCUT2D eigenvalue weighted by Gasteiger charge is 2.28. The smallest absolute Gasteiger partial charge is 0.312 e. The average Bonchev–Trinajstić information content (AvgIpc) is 2.58. The van der Waals surface area contributed by atoms with Crippen molar-refractivity contribution in [3.05, 3.63) is 53.7 Å². The summed E-state index contributed by atoms with van der Waals surface area (Å²) in [5.74, 6) is 1.13. The fourth-order valence-electron chi connectivity index (χ4n) is 2.22. The molecule has 1 heterocycles. The molecule has 0 aliphatic carbocycles. The molecule has 5 nitrogen and oxygen atoms in total. The van der Waals surface area contributed by atoms with Gasteiger partial charge in [-0.2, -0.15) is 0 Å². The predicted octanol–water partition coefficient (Wildman–Crippen LogP) is 3.86. The normalized spacial score (nSPS) is 11.2. The Morgan fingerprint density at radius 2 is 1.88 bits per heavy atom. The van der Waals surface area contributed by atoms with Crippen LogP contribution in [0.5, 0.6) is 11.6 Å². The summed E-state index contributed by atoms with van der Waals surface area (Å²) < 4.78 is 10.8. The van der Waals surface area contributed by atoms with E-state index in [0.29, 0.717) is 25.6 Å². The van der Waals surface area contributed by atoms with Gasteiger partial charge in [0, 0.05) is 25.4 Å². The molecule has 0 saturated heterocycles. The molecule has 5 heteroatoms. The topological polar surface area (TPSA) is 60.5 Å². The lowest BCUT2D eigenvalue weighted by Gasteiger charge is -2.22. The lowest BCUT2D eigenvalue weighted by atomic mass is 9.93. The molecule has 0 aliphatic heterocycles. The van der Waals surface area contributed by atoms with E-state index in [2.05, 4.69) is 10.3 Å². The van der Waals surface area contributed by atoms with E-state index >= 15 is 0 Å². The lowest BCUT2D eigenvalue weighted by Crippen LogP contribution is -2.37. The monoisotopic (exact) mass is 342 g/mol. The zero-order valence-electron chi connectivity index (χ0n) is 15.3. The fourth-order valence-corrected chi connectivity index (χ4v) is 2.22. The van der Waals surface area contributed by atoms with Crippen molar-refractivity contribution in [1.29, 1.82) is 0 Å². The molecule has 2 aromatic rings. The fraction of sp³-hybridized carbons (Fsp3) is 0.400. The molecule has 2 rings (SSSR count). The van der Waals surface area contributed by atoms with E-state index in [1.807, 2.05) is 64.1 Å². The van der Waals surface area contributed by atoms with Crippen molar-refractivity contribution >= 4 is 5.97 Å². The van der Waals surface area contributed by atoms with Crippen LogP contribution in [0.4, 0.5) is 0 Å². The van der Waals surface area contributed by atoms with Crippen LogP contribution >= 0.6 is 0 Å². The Morgan fingerprint density at radius 1 is 1.16 bits per heavy atom. The van der Waals surface area contributed by atoms with E-state index < -0.39 is 5.41 Å². The van der Waals surface area contributed by atoms with E-state index in [9.17, 15) is 4.79 Å². The Morgan fingerprint density at radius 3 is 2.48 bits per heavy atom. The van der Waals surface area contributed by atoms with Crippen LogP contribution in [-0.2, 0) is 16.1 Å². The van der Waals surface area contributed by atoms with Gasteiger partial charge in [-0.3, -0.25) is 4.79 Å². The molecule has 0 bridgehead atoms. The van der Waals surface area contributed by atoms with Gasteiger partial charge in [0.1, 0.15) is 5.75 Å². The van der Waals surface area contributed by atoms with Crippen molar-refractivity contribution in [3.8, 4) is 11.6 Å². The summed E-state index contributed by atoms with van der Waals surface area (Å²) in [5.41, 5.74) is 1.65. The quantitative estimate of drug-likeness (QED) is 0.738. The Bertz CT molecular complexity index is 679. The zero-order valence-corrected chi connectivity index (χ0v) is 15.3. The van der Waals surface area contributed by atoms with Gasteiger partial charge in [-0.05, 0) is 45.4 Å². The Labute approximate surface area is 149 Å². The van der Waals surface area contributed by atoms with Gasteiger partial charge in [-0.25, -0.2) is 4.98 Å². The maximum absolute atomic E-state index is 11.9. The highest BCUT2D eigenvalue weighted by molar-refractivity contribution is 5.76. The van der Waals surface area contributed by atoms with Crippen molar-refractivity contribution < 1.29 is 14.3 Å². The first-order chi connectivity index (χ1) is 11.9. The van der Waals surface area contributed by atoms with Gasteiger partial charge in [-0.1, -0.05) is 23.8 Å². The summed E-state index contributed by atoms with van der Waals surface area (Å²) >= 11 is 0. The molecule has 1 N–H and O–H groups in total. The van der Waals surface area contributed by atoms with Crippen LogP contribution in [-0.4, -0.2) is 24.1 Å². The Kier molecular flexibility index (Phi) is 6.53. The molecule has 1 aromatic carbocycles. The van der Waals surface area contributed by atoms with Gasteiger partial charge in [0.2, 0.25) is 5.88 Å². The van der Waals surface area contributed by atoms with Crippen LogP contribution in [0.1, 0.15) is 31.9 Å². The van der Waals surface area contributed by atoms with Crippen molar-refractivity contribution in [2.24, 2.45) is 5.41 Å². The molecule has 0 saturated carbocycles. The first-order valence-electron chi connectivity index (χ1n) is 8.48. The maximum atomic E-state index is 11.9. The molecule has 0 unspecified atom stereocenters. The van der Waals surface area contributed by atoms with E-state index in [-0.39, 0.29) is 5.97 Å². The van der Waals surface area contributed by atoms with Gasteiger partial charge < -0.3 is 14.8 Å². The molecular weight excluding hydrogens is 316 g/mol. The molecule has 25 heavy (non-hydrogen) atoms. The predicted molar refractivity (Wildman–Crippen MR) is 97.6 cm³/mol. The molecule has 134 valence electrons. The van der Waals surface area contributed by atoms with Crippen molar-refractivity contribution in [1.82, 2.24) is 10.3 Å². The maximum Gasteiger partial charge on any atom is 0.312 e. The second kappa shape index (κ2) is 8.62. The van der Waals surface area contributed by atoms with Crippen molar-refractivity contribution in [2.45, 2.75) is 34.2 Å². The van der Waals surface area contributed by atoms with Crippen LogP contribution < -0.4 is 10.1 Å². The van der Waals surface area contributed by atoms with Gasteiger partial charge in [0.05, 0.1) is 12.0 Å². The minimum Gasteiger partial charge on any atom is -0.466 e. The molecular formula is C20H26N2O3. The van der Waals surface area contributed by atoms with Crippen LogP contribution in [0.2, 0.25) is 0 Å². The molecule has 0 aliphatic rings. The number of benzene rings is 1. The third kappa shape index (κ3) is 5.87. The Balaban J connectivity index is 1.84. The summed E-state index contributed by atoms with van der Waals surface area (Å²) in [7, 11) is 0. The number of aryl methyl sites for hydroxylation is 1. The lowest BCUT2D eigenvalue weighted by molar-refractivity contribution is -0.153. The number of nitrogens with one attached hydrogen (secondary N) is 1. The van der Waals surface area contributed by atoms with Gasteiger partial charge in [-0.15, -0.1) is 0 Å². The van der Waals surface area contributed by atoms with Gasteiger partial charge in [0.15, 0.2) is 0 Å². The molecule has 1 aromatic heterocycles. The summed E-state index contributed by atoms with van der Waals surface area (Å²) in [5, 5.41) is 3.28. The van der Waals surface area contributed by atoms with Crippen molar-refractivity contribution in [2.75, 3.05) is 13.2 Å². The first kappa shape index (κ1) is 18.9. The molecule has 0 atom stereocenters. The third-order valence-electron chi connectivity index (χ3n) is 3.77. The SMILES string of the molecule is CCOC(=O)C(C)(C)CNCc1ccc(Oc2ccc(C)cc2)nc1. The van der Waals surface area contributed by atoms with Crippen LogP contribution in [0.15, 0.2) is 42.6 Å². The minimum absolute atomic E-state index is 0.192. The summed E-state index contributed by atoms with van der Waals surface area (Å²) in [6.07, 6.45) is 1.77. The number of aromatic nitrogens is 1. The van der Waals surface area contributed by atoms with Crippen LogP contribution in [0, 0.1) is 12.3 Å². The van der Waals surface area contributed by atoms with E-state index in [1.54, 1.807) is 6.20 Å². The molecule has 0 amide bonds. The third-order valence-corrected chi connectivity index (χ3v) is 3.77. The van der Waals surface area contributed by atoms with E-state index in [0.717, 1.165) is 11.3 Å². The number of pyridine rings is 1. The van der Waals surface area contributed by atoms with Crippen LogP contribution in [0.25, 0.3) is 0 Å². The number of nitrogens with zero attached hydrogens (tertiary/aromatic N) is 1. The summed E-state index contributed by atoms with van der Waals surface area (Å²) in [6.45, 7) is 9.15. The van der Waals surface area contributed by atoms with Gasteiger partial charge >= 0.3 is 5.97 Å².